The van der Waals surface area contributed by atoms with Crippen molar-refractivity contribution in [2.45, 2.75) is 6.92 Å². The van der Waals surface area contributed by atoms with Gasteiger partial charge in [0.2, 0.25) is 0 Å². The van der Waals surface area contributed by atoms with Gasteiger partial charge >= 0.3 is 0 Å². The lowest BCUT2D eigenvalue weighted by Crippen LogP contribution is -2.31. The second kappa shape index (κ2) is 9.44. The van der Waals surface area contributed by atoms with E-state index in [1.807, 2.05) is 6.07 Å². The van der Waals surface area contributed by atoms with Crippen LogP contribution in [0.2, 0.25) is 0 Å². The van der Waals surface area contributed by atoms with Crippen LogP contribution in [-0.2, 0) is 0 Å². The van der Waals surface area contributed by atoms with Gasteiger partial charge < -0.3 is 14.6 Å². The molecule has 0 bridgehead atoms. The van der Waals surface area contributed by atoms with Gasteiger partial charge in [-0.3, -0.25) is 9.59 Å². The van der Waals surface area contributed by atoms with E-state index in [0.29, 0.717) is 11.3 Å². The van der Waals surface area contributed by atoms with Crippen molar-refractivity contribution in [2.24, 2.45) is 5.10 Å². The topological polar surface area (TPSA) is 139 Å². The van der Waals surface area contributed by atoms with Gasteiger partial charge in [-0.15, -0.1) is 0 Å². The number of phenolic OH excluding ortho intramolecular Hbond substituents is 1. The van der Waals surface area contributed by atoms with Gasteiger partial charge in [-0.25, -0.2) is 5.43 Å². The van der Waals surface area contributed by atoms with Crippen molar-refractivity contribution < 1.29 is 19.4 Å². The molecule has 0 spiro atoms. The highest BCUT2D eigenvalue weighted by Crippen LogP contribution is 2.28. The summed E-state index contributed by atoms with van der Waals surface area (Å²) in [6, 6.07) is 13.2. The van der Waals surface area contributed by atoms with E-state index < -0.39 is 11.5 Å². The number of carbonyl (C=O) groups is 1. The SMILES string of the molecule is COc1ccccc1-n1nc(C(=O)N/N=C/c2cccc(OC)c2O)c(C)c(C#N)c1=O. The molecule has 1 aromatic heterocycles. The third-order valence-corrected chi connectivity index (χ3v) is 4.60. The maximum absolute atomic E-state index is 12.8. The van der Waals surface area contributed by atoms with Crippen molar-refractivity contribution in [3.63, 3.8) is 0 Å². The normalized spacial score (nSPS) is 10.6. The Balaban J connectivity index is 2.00. The van der Waals surface area contributed by atoms with Crippen molar-refractivity contribution in [1.82, 2.24) is 15.2 Å². The van der Waals surface area contributed by atoms with E-state index in [-0.39, 0.29) is 34.0 Å². The monoisotopic (exact) mass is 433 g/mol. The van der Waals surface area contributed by atoms with Gasteiger partial charge in [0.05, 0.1) is 20.4 Å². The number of rotatable bonds is 6. The molecule has 0 aliphatic heterocycles. The predicted octanol–water partition coefficient (Wildman–Crippen LogP) is 1.90. The average molecular weight is 433 g/mol. The van der Waals surface area contributed by atoms with Crippen LogP contribution in [0.15, 0.2) is 52.4 Å². The van der Waals surface area contributed by atoms with Gasteiger partial charge in [0.15, 0.2) is 17.2 Å². The molecule has 32 heavy (non-hydrogen) atoms. The fourth-order valence-corrected chi connectivity index (χ4v) is 2.94. The summed E-state index contributed by atoms with van der Waals surface area (Å²) < 4.78 is 11.2. The average Bonchev–Trinajstić information content (AvgIpc) is 2.80. The minimum atomic E-state index is -0.749. The number of ether oxygens (including phenoxy) is 2. The van der Waals surface area contributed by atoms with Crippen LogP contribution in [0.4, 0.5) is 0 Å². The van der Waals surface area contributed by atoms with Crippen LogP contribution in [0.25, 0.3) is 5.69 Å². The molecule has 1 heterocycles. The highest BCUT2D eigenvalue weighted by molar-refractivity contribution is 5.95. The zero-order valence-corrected chi connectivity index (χ0v) is 17.5. The highest BCUT2D eigenvalue weighted by atomic mass is 16.5. The van der Waals surface area contributed by atoms with Gasteiger partial charge in [0.1, 0.15) is 23.1 Å². The smallest absolute Gasteiger partial charge is 0.292 e. The lowest BCUT2D eigenvalue weighted by Gasteiger charge is -2.13. The minimum absolute atomic E-state index is 0.112. The first kappa shape index (κ1) is 22.0. The molecule has 1 amide bonds. The van der Waals surface area contributed by atoms with Gasteiger partial charge in [0, 0.05) is 11.1 Å². The quantitative estimate of drug-likeness (QED) is 0.447. The molecule has 0 saturated carbocycles. The highest BCUT2D eigenvalue weighted by Gasteiger charge is 2.21. The molecule has 0 atom stereocenters. The predicted molar refractivity (Wildman–Crippen MR) is 116 cm³/mol. The number of hydrogen-bond donors (Lipinski definition) is 2. The minimum Gasteiger partial charge on any atom is -0.504 e. The Labute approximate surface area is 183 Å². The van der Waals surface area contributed by atoms with Crippen molar-refractivity contribution in [1.29, 1.82) is 5.26 Å². The molecule has 0 aliphatic carbocycles. The summed E-state index contributed by atoms with van der Waals surface area (Å²) in [6.45, 7) is 1.45. The van der Waals surface area contributed by atoms with Crippen molar-refractivity contribution in [2.75, 3.05) is 14.2 Å². The van der Waals surface area contributed by atoms with E-state index in [1.54, 1.807) is 42.5 Å². The lowest BCUT2D eigenvalue weighted by molar-refractivity contribution is 0.0947. The van der Waals surface area contributed by atoms with Crippen molar-refractivity contribution in [3.05, 3.63) is 75.2 Å². The van der Waals surface area contributed by atoms with E-state index in [2.05, 4.69) is 15.6 Å². The number of methoxy groups -OCH3 is 2. The Morgan fingerprint density at radius 1 is 1.19 bits per heavy atom. The molecule has 2 N–H and O–H groups in total. The molecular formula is C22H19N5O5. The van der Waals surface area contributed by atoms with Crippen LogP contribution in [0.1, 0.15) is 27.2 Å². The largest absolute Gasteiger partial charge is 0.504 e. The van der Waals surface area contributed by atoms with Gasteiger partial charge in [0.25, 0.3) is 11.5 Å². The number of nitrogens with one attached hydrogen (secondary N) is 1. The summed E-state index contributed by atoms with van der Waals surface area (Å²) in [5.74, 6) is -0.298. The summed E-state index contributed by atoms with van der Waals surface area (Å²) in [7, 11) is 2.84. The molecule has 3 aromatic rings. The molecule has 3 rings (SSSR count). The number of carbonyl (C=O) groups excluding carboxylic acids is 1. The number of para-hydroxylation sites is 3. The first-order chi connectivity index (χ1) is 15.4. The standard InChI is InChI=1S/C22H19N5O5/c1-13-15(11-23)22(30)27(16-8-4-5-9-17(16)31-2)26-19(13)21(29)25-24-12-14-7-6-10-18(32-3)20(14)28/h4-10,12,28H,1-3H3,(H,25,29)/b24-12+. The molecule has 10 nitrogen and oxygen atoms in total. The lowest BCUT2D eigenvalue weighted by atomic mass is 10.1. The summed E-state index contributed by atoms with van der Waals surface area (Å²) in [5, 5.41) is 27.6. The summed E-state index contributed by atoms with van der Waals surface area (Å²) in [4.78, 5) is 25.5. The molecule has 2 aromatic carbocycles. The van der Waals surface area contributed by atoms with E-state index in [4.69, 9.17) is 9.47 Å². The second-order valence-electron chi connectivity index (χ2n) is 6.45. The molecule has 10 heteroatoms. The first-order valence-corrected chi connectivity index (χ1v) is 9.29. The molecule has 0 unspecified atom stereocenters. The maximum Gasteiger partial charge on any atom is 0.292 e. The van der Waals surface area contributed by atoms with Crippen LogP contribution >= 0.6 is 0 Å². The fraction of sp³-hybridized carbons (Fsp3) is 0.136. The molecule has 162 valence electrons. The number of hydrogen-bond acceptors (Lipinski definition) is 8. The van der Waals surface area contributed by atoms with Crippen LogP contribution in [0.3, 0.4) is 0 Å². The molecule has 0 saturated heterocycles. The van der Waals surface area contributed by atoms with Gasteiger partial charge in [-0.05, 0) is 31.2 Å². The Morgan fingerprint density at radius 3 is 2.56 bits per heavy atom. The number of benzene rings is 2. The van der Waals surface area contributed by atoms with Crippen LogP contribution in [0, 0.1) is 18.3 Å². The number of hydrazone groups is 1. The van der Waals surface area contributed by atoms with E-state index in [9.17, 15) is 20.0 Å². The van der Waals surface area contributed by atoms with Crippen LogP contribution in [-0.4, -0.2) is 41.2 Å². The van der Waals surface area contributed by atoms with Crippen molar-refractivity contribution >= 4 is 12.1 Å². The summed E-state index contributed by atoms with van der Waals surface area (Å²) in [5.41, 5.74) is 1.90. The number of aromatic nitrogens is 2. The number of nitriles is 1. The number of nitrogens with zero attached hydrogens (tertiary/aromatic N) is 4. The zero-order chi connectivity index (χ0) is 23.3. The Morgan fingerprint density at radius 2 is 1.88 bits per heavy atom. The van der Waals surface area contributed by atoms with Gasteiger partial charge in [-0.1, -0.05) is 18.2 Å². The van der Waals surface area contributed by atoms with E-state index in [0.717, 1.165) is 4.68 Å². The van der Waals surface area contributed by atoms with Crippen LogP contribution in [0.5, 0.6) is 17.2 Å². The summed E-state index contributed by atoms with van der Waals surface area (Å²) in [6.07, 6.45) is 1.23. The van der Waals surface area contributed by atoms with E-state index >= 15 is 0 Å². The molecular weight excluding hydrogens is 414 g/mol. The Bertz CT molecular complexity index is 1310. The molecule has 0 aliphatic rings. The fourth-order valence-electron chi connectivity index (χ4n) is 2.94. The van der Waals surface area contributed by atoms with Crippen LogP contribution < -0.4 is 20.5 Å². The van der Waals surface area contributed by atoms with Gasteiger partial charge in [-0.2, -0.15) is 20.1 Å². The maximum atomic E-state index is 12.8. The second-order valence-corrected chi connectivity index (χ2v) is 6.45. The molecule has 0 radical (unpaired) electrons. The third kappa shape index (κ3) is 4.13. The third-order valence-electron chi connectivity index (χ3n) is 4.60. The number of aromatic hydroxyl groups is 1. The first-order valence-electron chi connectivity index (χ1n) is 9.29. The van der Waals surface area contributed by atoms with E-state index in [1.165, 1.54) is 27.4 Å². The Kier molecular flexibility index (Phi) is 6.50. The number of phenols is 1. The zero-order valence-electron chi connectivity index (χ0n) is 17.5. The molecule has 0 fully saturated rings. The number of amides is 1. The van der Waals surface area contributed by atoms with Crippen molar-refractivity contribution in [3.8, 4) is 29.0 Å². The Hall–Kier alpha value is -4.65. The summed E-state index contributed by atoms with van der Waals surface area (Å²) >= 11 is 0.